The highest BCUT2D eigenvalue weighted by molar-refractivity contribution is 5.88. The maximum atomic E-state index is 12.9. The second-order valence-corrected chi connectivity index (χ2v) is 10.1. The maximum absolute atomic E-state index is 12.9. The van der Waals surface area contributed by atoms with Crippen LogP contribution in [0.25, 0.3) is 10.8 Å². The summed E-state index contributed by atoms with van der Waals surface area (Å²) in [6.45, 7) is 3.36. The molecule has 10 nitrogen and oxygen atoms in total. The van der Waals surface area contributed by atoms with E-state index in [2.05, 4.69) is 40.6 Å². The number of carbonyl (C=O) groups excluding carboxylic acids is 1. The van der Waals surface area contributed by atoms with E-state index in [1.807, 2.05) is 26.0 Å². The van der Waals surface area contributed by atoms with Gasteiger partial charge in [0.05, 0.1) is 5.69 Å². The van der Waals surface area contributed by atoms with E-state index in [1.54, 1.807) is 0 Å². The van der Waals surface area contributed by atoms with Crippen molar-refractivity contribution < 1.29 is 38.5 Å². The van der Waals surface area contributed by atoms with Crippen LogP contribution in [0.3, 0.4) is 0 Å². The predicted octanol–water partition coefficient (Wildman–Crippen LogP) is 4.63. The van der Waals surface area contributed by atoms with Gasteiger partial charge in [-0.25, -0.2) is 14.6 Å². The van der Waals surface area contributed by atoms with Gasteiger partial charge in [0.1, 0.15) is 12.4 Å². The van der Waals surface area contributed by atoms with Gasteiger partial charge in [-0.15, -0.1) is 0 Å². The van der Waals surface area contributed by atoms with Crippen LogP contribution < -0.4 is 5.32 Å². The zero-order valence-corrected chi connectivity index (χ0v) is 23.8. The fraction of sp³-hybridized carbons (Fsp3) is 0.484. The number of aliphatic carboxylic acids is 2. The van der Waals surface area contributed by atoms with E-state index >= 15 is 0 Å². The summed E-state index contributed by atoms with van der Waals surface area (Å²) in [5, 5.41) is 23.7. The topological polar surface area (TPSA) is 148 Å². The van der Waals surface area contributed by atoms with Crippen molar-refractivity contribution in [2.45, 2.75) is 77.4 Å². The third-order valence-corrected chi connectivity index (χ3v) is 6.82. The molecule has 0 aliphatic rings. The Morgan fingerprint density at radius 1 is 0.878 bits per heavy atom. The Kier molecular flexibility index (Phi) is 12.8. The molecule has 0 aliphatic heterocycles. The third kappa shape index (κ3) is 10.6. The summed E-state index contributed by atoms with van der Waals surface area (Å²) in [4.78, 5) is 40.0. The molecule has 0 saturated heterocycles. The third-order valence-electron chi connectivity index (χ3n) is 6.82. The number of rotatable bonds is 19. The van der Waals surface area contributed by atoms with Gasteiger partial charge >= 0.3 is 11.9 Å². The number of nitrogens with zero attached hydrogens (tertiary/aromatic N) is 1. The lowest BCUT2D eigenvalue weighted by molar-refractivity contribution is -0.172. The van der Waals surface area contributed by atoms with E-state index < -0.39 is 36.7 Å². The number of fused-ring (bicyclic) bond motifs is 1. The SMILES string of the molecule is Cc1nc(CCCCCOC(C(=O)NCCCCCc2ccc3ccccc3c2)C(OCC(=O)O)C(=O)O)oc1C. The second-order valence-electron chi connectivity index (χ2n) is 10.1. The summed E-state index contributed by atoms with van der Waals surface area (Å²) in [5.74, 6) is -1.97. The lowest BCUT2D eigenvalue weighted by atomic mass is 10.0. The van der Waals surface area contributed by atoms with Gasteiger partial charge in [0, 0.05) is 19.6 Å². The number of carboxylic acids is 2. The average Bonchev–Trinajstić information content (AvgIpc) is 3.27. The molecule has 0 fully saturated rings. The quantitative estimate of drug-likeness (QED) is 0.176. The van der Waals surface area contributed by atoms with Gasteiger partial charge in [0.15, 0.2) is 18.1 Å². The Labute approximate surface area is 240 Å². The van der Waals surface area contributed by atoms with Crippen molar-refractivity contribution >= 4 is 28.6 Å². The molecule has 2 atom stereocenters. The Hall–Kier alpha value is -3.76. The fourth-order valence-electron chi connectivity index (χ4n) is 4.50. The van der Waals surface area contributed by atoms with E-state index in [4.69, 9.17) is 19.0 Å². The van der Waals surface area contributed by atoms with Crippen molar-refractivity contribution in [1.29, 1.82) is 0 Å². The Morgan fingerprint density at radius 2 is 1.61 bits per heavy atom. The Bertz CT molecular complexity index is 1270. The second kappa shape index (κ2) is 16.5. The van der Waals surface area contributed by atoms with Crippen LogP contribution in [0, 0.1) is 13.8 Å². The molecule has 3 rings (SSSR count). The lowest BCUT2D eigenvalue weighted by Gasteiger charge is -2.23. The summed E-state index contributed by atoms with van der Waals surface area (Å²) in [7, 11) is 0. The zero-order valence-electron chi connectivity index (χ0n) is 23.8. The number of unbranched alkanes of at least 4 members (excludes halogenated alkanes) is 4. The van der Waals surface area contributed by atoms with Gasteiger partial charge in [0.2, 0.25) is 0 Å². The molecule has 0 bridgehead atoms. The minimum absolute atomic E-state index is 0.119. The highest BCUT2D eigenvalue weighted by atomic mass is 16.6. The van der Waals surface area contributed by atoms with E-state index in [0.717, 1.165) is 43.6 Å². The average molecular weight is 569 g/mol. The summed E-state index contributed by atoms with van der Waals surface area (Å²) in [6.07, 6.45) is 3.01. The van der Waals surface area contributed by atoms with Crippen LogP contribution in [0.15, 0.2) is 46.9 Å². The first kappa shape index (κ1) is 31.8. The van der Waals surface area contributed by atoms with E-state index in [0.29, 0.717) is 31.7 Å². The molecule has 0 radical (unpaired) electrons. The van der Waals surface area contributed by atoms with Crippen LogP contribution in [0.5, 0.6) is 0 Å². The highest BCUT2D eigenvalue weighted by Gasteiger charge is 2.36. The van der Waals surface area contributed by atoms with Crippen LogP contribution in [0.2, 0.25) is 0 Å². The number of carboxylic acid groups (broad SMARTS) is 2. The van der Waals surface area contributed by atoms with Crippen LogP contribution in [0.4, 0.5) is 0 Å². The smallest absolute Gasteiger partial charge is 0.336 e. The van der Waals surface area contributed by atoms with Gasteiger partial charge in [-0.2, -0.15) is 0 Å². The molecule has 0 spiro atoms. The molecular formula is C31H40N2O8. The Balaban J connectivity index is 1.42. The number of aromatic nitrogens is 1. The summed E-state index contributed by atoms with van der Waals surface area (Å²) in [6, 6.07) is 14.7. The minimum atomic E-state index is -1.74. The van der Waals surface area contributed by atoms with Crippen LogP contribution in [-0.2, 0) is 36.7 Å². The number of nitrogens with one attached hydrogen (secondary N) is 1. The lowest BCUT2D eigenvalue weighted by Crippen LogP contribution is -2.49. The predicted molar refractivity (Wildman–Crippen MR) is 153 cm³/mol. The molecule has 1 heterocycles. The normalized spacial score (nSPS) is 12.7. The highest BCUT2D eigenvalue weighted by Crippen LogP contribution is 2.17. The van der Waals surface area contributed by atoms with Crippen LogP contribution in [0.1, 0.15) is 61.4 Å². The van der Waals surface area contributed by atoms with E-state index in [1.165, 1.54) is 16.3 Å². The van der Waals surface area contributed by atoms with Gasteiger partial charge < -0.3 is 29.4 Å². The molecule has 3 N–H and O–H groups in total. The van der Waals surface area contributed by atoms with Gasteiger partial charge in [-0.3, -0.25) is 4.79 Å². The van der Waals surface area contributed by atoms with Crippen LogP contribution >= 0.6 is 0 Å². The first-order chi connectivity index (χ1) is 19.7. The van der Waals surface area contributed by atoms with Gasteiger partial charge in [-0.1, -0.05) is 55.3 Å². The molecular weight excluding hydrogens is 528 g/mol. The maximum Gasteiger partial charge on any atom is 0.336 e. The number of carbonyl (C=O) groups is 3. The molecule has 222 valence electrons. The first-order valence-corrected chi connectivity index (χ1v) is 14.1. The number of hydrogen-bond donors (Lipinski definition) is 3. The molecule has 2 aromatic carbocycles. The number of hydrogen-bond acceptors (Lipinski definition) is 7. The van der Waals surface area contributed by atoms with Crippen molar-refractivity contribution in [1.82, 2.24) is 10.3 Å². The molecule has 3 aromatic rings. The fourth-order valence-corrected chi connectivity index (χ4v) is 4.50. The molecule has 0 saturated carbocycles. The largest absolute Gasteiger partial charge is 0.480 e. The Morgan fingerprint density at radius 3 is 2.32 bits per heavy atom. The van der Waals surface area contributed by atoms with Crippen molar-refractivity contribution in [2.75, 3.05) is 19.8 Å². The summed E-state index contributed by atoms with van der Waals surface area (Å²) >= 11 is 0. The monoisotopic (exact) mass is 568 g/mol. The number of ether oxygens (including phenoxy) is 2. The molecule has 2 unspecified atom stereocenters. The van der Waals surface area contributed by atoms with Crippen LogP contribution in [-0.4, -0.2) is 65.0 Å². The van der Waals surface area contributed by atoms with Crippen molar-refractivity contribution in [3.05, 3.63) is 65.4 Å². The molecule has 1 amide bonds. The number of aryl methyl sites for hydroxylation is 4. The summed E-state index contributed by atoms with van der Waals surface area (Å²) in [5.41, 5.74) is 2.12. The molecule has 1 aromatic heterocycles. The van der Waals surface area contributed by atoms with Crippen molar-refractivity contribution in [2.24, 2.45) is 0 Å². The number of benzene rings is 2. The minimum Gasteiger partial charge on any atom is -0.480 e. The van der Waals surface area contributed by atoms with Gasteiger partial charge in [0.25, 0.3) is 5.91 Å². The number of amides is 1. The molecule has 0 aliphatic carbocycles. The zero-order chi connectivity index (χ0) is 29.6. The summed E-state index contributed by atoms with van der Waals surface area (Å²) < 4.78 is 16.2. The van der Waals surface area contributed by atoms with Gasteiger partial charge in [-0.05, 0) is 62.3 Å². The van der Waals surface area contributed by atoms with E-state index in [-0.39, 0.29) is 6.61 Å². The molecule has 41 heavy (non-hydrogen) atoms. The van der Waals surface area contributed by atoms with E-state index in [9.17, 15) is 19.5 Å². The standard InChI is InChI=1S/C31H40N2O8/c1-21-22(2)41-26(33-21)14-6-4-10-18-39-28(29(31(37)38)40-20-27(34)35)30(36)32-17-9-3-5-11-23-15-16-24-12-7-8-13-25(24)19-23/h7-8,12-13,15-16,19,28-29H,3-6,9-11,14,17-18,20H2,1-2H3,(H,32,36)(H,34,35)(H,37,38). The molecule has 10 heteroatoms. The van der Waals surface area contributed by atoms with Crippen molar-refractivity contribution in [3.8, 4) is 0 Å². The van der Waals surface area contributed by atoms with Crippen molar-refractivity contribution in [3.63, 3.8) is 0 Å². The first-order valence-electron chi connectivity index (χ1n) is 14.1. The number of oxazole rings is 1.